The van der Waals surface area contributed by atoms with Crippen LogP contribution in [0.3, 0.4) is 0 Å². The first-order valence-electron chi connectivity index (χ1n) is 16.9. The third-order valence-corrected chi connectivity index (χ3v) is 12.2. The van der Waals surface area contributed by atoms with Gasteiger partial charge in [-0.25, -0.2) is 87.8 Å². The zero-order valence-electron chi connectivity index (χ0n) is 30.7. The molecular weight excluding hydrogens is 998 g/mol. The Labute approximate surface area is 346 Å². The third kappa shape index (κ3) is 7.54. The molecule has 6 aromatic rings. The molecule has 0 radical (unpaired) electrons. The topological polar surface area (TPSA) is 0 Å². The molecular formula is C40H18BF20I. The van der Waals surface area contributed by atoms with E-state index >= 15 is 35.1 Å². The molecule has 0 unspecified atom stereocenters. The summed E-state index contributed by atoms with van der Waals surface area (Å²) in [4.78, 5) is 0. The van der Waals surface area contributed by atoms with Crippen molar-refractivity contribution in [1.82, 2.24) is 0 Å². The highest BCUT2D eigenvalue weighted by atomic mass is 127. The molecule has 0 saturated heterocycles. The van der Waals surface area contributed by atoms with Gasteiger partial charge in [0, 0.05) is 5.56 Å². The van der Waals surface area contributed by atoms with Crippen molar-refractivity contribution < 1.29 is 109 Å². The molecule has 62 heavy (non-hydrogen) atoms. The highest BCUT2D eigenvalue weighted by Crippen LogP contribution is 2.31. The van der Waals surface area contributed by atoms with Crippen LogP contribution in [0.2, 0.25) is 0 Å². The summed E-state index contributed by atoms with van der Waals surface area (Å²) in [5.41, 5.74) is -10.1. The molecule has 0 aliphatic rings. The fraction of sp³-hybridized carbons (Fsp3) is 0.100. The Bertz CT molecular complexity index is 2390. The zero-order valence-corrected chi connectivity index (χ0v) is 32.9. The van der Waals surface area contributed by atoms with Gasteiger partial charge in [-0.05, 0) is 44.0 Å². The Morgan fingerprint density at radius 1 is 0.323 bits per heavy atom. The number of rotatable bonds is 7. The fourth-order valence-electron chi connectivity index (χ4n) is 6.76. The first kappa shape index (κ1) is 47.8. The van der Waals surface area contributed by atoms with Gasteiger partial charge in [-0.3, -0.25) is 0 Å². The molecule has 0 amide bonds. The van der Waals surface area contributed by atoms with Crippen molar-refractivity contribution in [2.45, 2.75) is 24.7 Å². The maximum atomic E-state index is 15.4. The second kappa shape index (κ2) is 17.8. The van der Waals surface area contributed by atoms with Gasteiger partial charge in [-0.15, -0.1) is 21.9 Å². The number of aryl methyl sites for hydroxylation is 1. The quantitative estimate of drug-likeness (QED) is 0.0398. The molecule has 328 valence electrons. The van der Waals surface area contributed by atoms with Crippen LogP contribution in [0.25, 0.3) is 11.1 Å². The predicted molar refractivity (Wildman–Crippen MR) is 180 cm³/mol. The number of benzene rings is 6. The lowest BCUT2D eigenvalue weighted by atomic mass is 9.12. The van der Waals surface area contributed by atoms with Gasteiger partial charge in [0.25, 0.3) is 0 Å². The molecule has 0 spiro atoms. The molecule has 0 fully saturated rings. The molecule has 6 rings (SSSR count). The van der Waals surface area contributed by atoms with Crippen LogP contribution in [0.5, 0.6) is 0 Å². The molecule has 0 aromatic heterocycles. The van der Waals surface area contributed by atoms with Crippen molar-refractivity contribution in [3.05, 3.63) is 174 Å². The van der Waals surface area contributed by atoms with Crippen LogP contribution < -0.4 is 43.1 Å². The van der Waals surface area contributed by atoms with Gasteiger partial charge in [0.15, 0.2) is 77.3 Å². The van der Waals surface area contributed by atoms with Gasteiger partial charge in [-0.2, -0.15) is 0 Å². The average Bonchev–Trinajstić information content (AvgIpc) is 3.24. The van der Waals surface area contributed by atoms with E-state index in [0.717, 1.165) is 3.92 Å². The summed E-state index contributed by atoms with van der Waals surface area (Å²) in [5, 5.41) is 0. The summed E-state index contributed by atoms with van der Waals surface area (Å²) < 4.78 is 296. The fourth-order valence-corrected chi connectivity index (χ4v) is 9.32. The van der Waals surface area contributed by atoms with Crippen LogP contribution >= 0.6 is 0 Å². The maximum Gasteiger partial charge on any atom is 0.316 e. The number of hydrogen-bond donors (Lipinski definition) is 0. The second-order valence-electron chi connectivity index (χ2n) is 13.2. The number of halogens is 21. The van der Waals surface area contributed by atoms with Gasteiger partial charge in [-0.1, -0.05) is 36.4 Å². The minimum Gasteiger partial charge on any atom is -0.207 e. The van der Waals surface area contributed by atoms with Crippen molar-refractivity contribution >= 4 is 28.0 Å². The Morgan fingerprint density at radius 3 is 0.806 bits per heavy atom. The van der Waals surface area contributed by atoms with Crippen LogP contribution in [0.15, 0.2) is 48.5 Å². The third-order valence-electron chi connectivity index (χ3n) is 9.35. The van der Waals surface area contributed by atoms with E-state index < -0.39 is 144 Å². The minimum absolute atomic E-state index is 0.107. The summed E-state index contributed by atoms with van der Waals surface area (Å²) in [7, 11) is 0. The highest BCUT2D eigenvalue weighted by Gasteiger charge is 2.52. The van der Waals surface area contributed by atoms with E-state index in [-0.39, 0.29) is 21.2 Å². The molecule has 0 saturated carbocycles. The van der Waals surface area contributed by atoms with E-state index in [9.17, 15) is 52.7 Å². The van der Waals surface area contributed by atoms with E-state index in [0.29, 0.717) is 0 Å². The minimum atomic E-state index is -7.22. The molecule has 22 heteroatoms. The average molecular weight is 1020 g/mol. The Morgan fingerprint density at radius 2 is 0.548 bits per heavy atom. The standard InChI is InChI=1S/C24BF20.C16H18I/c26-5-1(6(27)14(35)21(42)13(5)34)25(2-7(28)15(36)22(43)16(37)8(2)29,3-9(30)17(38)23(44)18(39)10(3)31)4-11(32)19(40)24(45)20(41)12(4)33;1-12(2)17-16-11-7-6-10-15(16)14-9-5-4-8-13(14)3/h;4-12H,1-3H3/q-1;+1. The smallest absolute Gasteiger partial charge is 0.207 e. The molecule has 0 atom stereocenters. The largest absolute Gasteiger partial charge is 0.316 e. The molecule has 0 bridgehead atoms. The van der Waals surface area contributed by atoms with Crippen molar-refractivity contribution in [1.29, 1.82) is 0 Å². The normalized spacial score (nSPS) is 11.7. The number of alkyl halides is 1. The van der Waals surface area contributed by atoms with Crippen LogP contribution in [0.1, 0.15) is 19.4 Å². The number of hydrogen-bond acceptors (Lipinski definition) is 0. The molecule has 0 aliphatic heterocycles. The lowest BCUT2D eigenvalue weighted by molar-refractivity contribution is -0.655. The van der Waals surface area contributed by atoms with Crippen LogP contribution in [-0.4, -0.2) is 10.1 Å². The van der Waals surface area contributed by atoms with E-state index in [1.54, 1.807) is 3.57 Å². The summed E-state index contributed by atoms with van der Waals surface area (Å²) in [6, 6.07) is 17.5. The van der Waals surface area contributed by atoms with Crippen molar-refractivity contribution in [3.63, 3.8) is 0 Å². The second-order valence-corrected chi connectivity index (χ2v) is 17.5. The van der Waals surface area contributed by atoms with Crippen LogP contribution in [-0.2, 0) is 0 Å². The SMILES string of the molecule is Cc1ccccc1-c1ccccc1[I+]C(C)C.Fc1c(F)c(F)c([B-](c2c(F)c(F)c(F)c(F)c2F)(c2c(F)c(F)c(F)c(F)c2F)c2c(F)c(F)c(F)c(F)c2F)c(F)c1F. The van der Waals surface area contributed by atoms with E-state index in [1.807, 2.05) is 0 Å². The van der Waals surface area contributed by atoms with Gasteiger partial charge in [0.2, 0.25) is 0 Å². The van der Waals surface area contributed by atoms with Gasteiger partial charge in [0.1, 0.15) is 52.7 Å². The molecule has 0 aliphatic carbocycles. The Kier molecular flexibility index (Phi) is 13.7. The van der Waals surface area contributed by atoms with Crippen molar-refractivity contribution in [3.8, 4) is 11.1 Å². The monoisotopic (exact) mass is 1020 g/mol. The molecule has 0 nitrogen and oxygen atoms in total. The Hall–Kier alpha value is -5.29. The van der Waals surface area contributed by atoms with Crippen molar-refractivity contribution in [2.75, 3.05) is 0 Å². The summed E-state index contributed by atoms with van der Waals surface area (Å²) >= 11 is 0.107. The molecule has 0 N–H and O–H groups in total. The van der Waals surface area contributed by atoms with Gasteiger partial charge >= 0.3 is 21.2 Å². The van der Waals surface area contributed by atoms with Crippen LogP contribution in [0.4, 0.5) is 87.8 Å². The Balaban J connectivity index is 0.000000355. The predicted octanol–water partition coefficient (Wildman–Crippen LogP) is 7.18. The van der Waals surface area contributed by atoms with E-state index in [2.05, 4.69) is 69.3 Å². The van der Waals surface area contributed by atoms with E-state index in [1.165, 1.54) is 16.7 Å². The highest BCUT2D eigenvalue weighted by molar-refractivity contribution is 7.20. The first-order chi connectivity index (χ1) is 28.9. The molecule has 6 aromatic carbocycles. The maximum absolute atomic E-state index is 15.4. The van der Waals surface area contributed by atoms with E-state index in [4.69, 9.17) is 0 Å². The van der Waals surface area contributed by atoms with Crippen LogP contribution in [0, 0.1) is 127 Å². The summed E-state index contributed by atoms with van der Waals surface area (Å²) in [5.74, 6) is -71.4. The lowest BCUT2D eigenvalue weighted by Gasteiger charge is -2.44. The lowest BCUT2D eigenvalue weighted by Crippen LogP contribution is -3.64. The van der Waals surface area contributed by atoms with Gasteiger partial charge < -0.3 is 0 Å². The van der Waals surface area contributed by atoms with Crippen molar-refractivity contribution in [2.24, 2.45) is 0 Å². The summed E-state index contributed by atoms with van der Waals surface area (Å²) in [6.45, 7) is 6.84. The first-order valence-corrected chi connectivity index (χ1v) is 19.2. The summed E-state index contributed by atoms with van der Waals surface area (Å²) in [6.07, 6.45) is -7.22. The zero-order chi connectivity index (χ0) is 46.6. The van der Waals surface area contributed by atoms with Gasteiger partial charge in [0.05, 0.1) is 0 Å². The molecule has 0 heterocycles.